The molecule has 0 aliphatic heterocycles. The summed E-state index contributed by atoms with van der Waals surface area (Å²) in [4.78, 5) is 0. The number of aliphatic hydroxyl groups is 1. The molecule has 0 saturated carbocycles. The number of hydrogen-bond acceptors (Lipinski definition) is 3. The van der Waals surface area contributed by atoms with Gasteiger partial charge in [0.1, 0.15) is 0 Å². The van der Waals surface area contributed by atoms with Gasteiger partial charge in [0.2, 0.25) is 0 Å². The number of aliphatic hydroxyl groups excluding tert-OH is 1. The Kier molecular flexibility index (Phi) is 6.49. The third-order valence-corrected chi connectivity index (χ3v) is 5.10. The Morgan fingerprint density at radius 2 is 1.96 bits per heavy atom. The second-order valence-corrected chi connectivity index (χ2v) is 7.17. The number of rotatable bonds is 7. The predicted molar refractivity (Wildman–Crippen MR) is 102 cm³/mol. The first-order valence-corrected chi connectivity index (χ1v) is 9.37. The number of halogens is 1. The first-order chi connectivity index (χ1) is 12.1. The molecule has 2 N–H and O–H groups in total. The molecule has 0 spiro atoms. The Bertz CT molecular complexity index is 674. The van der Waals surface area contributed by atoms with Crippen molar-refractivity contribution in [3.63, 3.8) is 0 Å². The van der Waals surface area contributed by atoms with Gasteiger partial charge in [-0.25, -0.2) is 0 Å². The topological polar surface area (TPSA) is 41.5 Å². The number of ether oxygens (including phenoxy) is 1. The van der Waals surface area contributed by atoms with Crippen molar-refractivity contribution >= 4 is 11.6 Å². The normalized spacial score (nSPS) is 19.2. The van der Waals surface area contributed by atoms with Crippen LogP contribution < -0.4 is 5.32 Å². The zero-order chi connectivity index (χ0) is 17.6. The van der Waals surface area contributed by atoms with E-state index in [0.29, 0.717) is 24.2 Å². The minimum Gasteiger partial charge on any atom is -0.389 e. The van der Waals surface area contributed by atoms with Gasteiger partial charge in [0.05, 0.1) is 18.8 Å². The maximum absolute atomic E-state index is 10.3. The lowest BCUT2D eigenvalue weighted by molar-refractivity contribution is -0.00309. The minimum absolute atomic E-state index is 0.0673. The van der Waals surface area contributed by atoms with Crippen LogP contribution in [0, 0.1) is 0 Å². The summed E-state index contributed by atoms with van der Waals surface area (Å²) in [6.07, 6.45) is 2.87. The van der Waals surface area contributed by atoms with Gasteiger partial charge in [-0.1, -0.05) is 48.0 Å². The van der Waals surface area contributed by atoms with Gasteiger partial charge in [0, 0.05) is 17.6 Å². The summed E-state index contributed by atoms with van der Waals surface area (Å²) in [5, 5.41) is 14.5. The number of benzene rings is 2. The van der Waals surface area contributed by atoms with Crippen molar-refractivity contribution in [2.75, 3.05) is 13.2 Å². The highest BCUT2D eigenvalue weighted by Crippen LogP contribution is 2.29. The van der Waals surface area contributed by atoms with Crippen LogP contribution in [0.25, 0.3) is 0 Å². The highest BCUT2D eigenvalue weighted by atomic mass is 35.5. The van der Waals surface area contributed by atoms with Gasteiger partial charge in [-0.3, -0.25) is 0 Å². The van der Waals surface area contributed by atoms with E-state index in [1.165, 1.54) is 17.5 Å². The summed E-state index contributed by atoms with van der Waals surface area (Å²) in [6, 6.07) is 16.5. The van der Waals surface area contributed by atoms with E-state index < -0.39 is 6.10 Å². The monoisotopic (exact) mass is 359 g/mol. The summed E-state index contributed by atoms with van der Waals surface area (Å²) >= 11 is 5.91. The number of aryl methyl sites for hydroxylation is 1. The molecule has 0 heterocycles. The quantitative estimate of drug-likeness (QED) is 0.767. The highest BCUT2D eigenvalue weighted by molar-refractivity contribution is 6.30. The lowest BCUT2D eigenvalue weighted by Crippen LogP contribution is -2.34. The Balaban J connectivity index is 1.46. The Morgan fingerprint density at radius 3 is 2.76 bits per heavy atom. The highest BCUT2D eigenvalue weighted by Gasteiger charge is 2.20. The van der Waals surface area contributed by atoms with Crippen molar-refractivity contribution in [2.24, 2.45) is 0 Å². The molecule has 0 aromatic heterocycles. The van der Waals surface area contributed by atoms with Gasteiger partial charge < -0.3 is 15.2 Å². The lowest BCUT2D eigenvalue weighted by Gasteiger charge is -2.27. The molecular weight excluding hydrogens is 334 g/mol. The zero-order valence-electron chi connectivity index (χ0n) is 14.6. The van der Waals surface area contributed by atoms with Gasteiger partial charge in [0.25, 0.3) is 0 Å². The maximum atomic E-state index is 10.3. The molecule has 25 heavy (non-hydrogen) atoms. The minimum atomic E-state index is -0.524. The second kappa shape index (κ2) is 8.81. The van der Waals surface area contributed by atoms with Crippen LogP contribution in [0.2, 0.25) is 5.02 Å². The molecule has 3 atom stereocenters. The Hall–Kier alpha value is -1.39. The fourth-order valence-corrected chi connectivity index (χ4v) is 3.51. The molecule has 0 amide bonds. The molecule has 1 aliphatic carbocycles. The van der Waals surface area contributed by atoms with Crippen LogP contribution in [0.1, 0.15) is 48.6 Å². The molecule has 1 aliphatic rings. The summed E-state index contributed by atoms with van der Waals surface area (Å²) in [5.74, 6) is 0. The molecule has 0 fully saturated rings. The second-order valence-electron chi connectivity index (χ2n) is 6.73. The molecule has 2 aromatic rings. The van der Waals surface area contributed by atoms with E-state index >= 15 is 0 Å². The molecule has 3 rings (SSSR count). The first-order valence-electron chi connectivity index (χ1n) is 9.00. The van der Waals surface area contributed by atoms with Crippen LogP contribution >= 0.6 is 11.6 Å². The van der Waals surface area contributed by atoms with Crippen molar-refractivity contribution in [2.45, 2.75) is 44.4 Å². The smallest absolute Gasteiger partial charge is 0.0898 e. The van der Waals surface area contributed by atoms with Gasteiger partial charge in [-0.05, 0) is 55.0 Å². The maximum Gasteiger partial charge on any atom is 0.0898 e. The summed E-state index contributed by atoms with van der Waals surface area (Å²) in [6.45, 7) is 2.83. The van der Waals surface area contributed by atoms with Gasteiger partial charge in [-0.15, -0.1) is 0 Å². The van der Waals surface area contributed by atoms with E-state index in [-0.39, 0.29) is 6.10 Å². The first kappa shape index (κ1) is 18.4. The van der Waals surface area contributed by atoms with E-state index in [4.69, 9.17) is 16.3 Å². The molecule has 3 nitrogen and oxygen atoms in total. The predicted octanol–water partition coefficient (Wildman–Crippen LogP) is 4.45. The fourth-order valence-electron chi connectivity index (χ4n) is 3.39. The molecule has 0 saturated heterocycles. The van der Waals surface area contributed by atoms with Crippen molar-refractivity contribution in [3.8, 4) is 0 Å². The van der Waals surface area contributed by atoms with Crippen LogP contribution in [-0.4, -0.2) is 24.4 Å². The van der Waals surface area contributed by atoms with Crippen molar-refractivity contribution in [1.82, 2.24) is 5.32 Å². The van der Waals surface area contributed by atoms with Crippen LogP contribution in [0.15, 0.2) is 48.5 Å². The molecular formula is C21H26ClNO2. The van der Waals surface area contributed by atoms with Crippen molar-refractivity contribution in [1.29, 1.82) is 0 Å². The van der Waals surface area contributed by atoms with Gasteiger partial charge >= 0.3 is 0 Å². The standard InChI is InChI=1S/C21H26ClNO2/c1-15(16-9-11-18(22)12-10-16)25-14-19(24)13-23-21-8-4-6-17-5-2-3-7-20(17)21/h2-3,5,7,9-12,15,19,21,23-24H,4,6,8,13-14H2,1H3/t15-,19+,21+/m0/s1. The summed E-state index contributed by atoms with van der Waals surface area (Å²) < 4.78 is 5.81. The number of nitrogens with one attached hydrogen (secondary N) is 1. The average molecular weight is 360 g/mol. The Labute approximate surface area is 155 Å². The third kappa shape index (κ3) is 5.05. The van der Waals surface area contributed by atoms with E-state index in [1.807, 2.05) is 31.2 Å². The summed E-state index contributed by atoms with van der Waals surface area (Å²) in [7, 11) is 0. The number of fused-ring (bicyclic) bond motifs is 1. The van der Waals surface area contributed by atoms with Crippen LogP contribution in [0.5, 0.6) is 0 Å². The largest absolute Gasteiger partial charge is 0.389 e. The molecule has 134 valence electrons. The fraction of sp³-hybridized carbons (Fsp3) is 0.429. The molecule has 2 aromatic carbocycles. The van der Waals surface area contributed by atoms with E-state index in [0.717, 1.165) is 18.4 Å². The zero-order valence-corrected chi connectivity index (χ0v) is 15.4. The summed E-state index contributed by atoms with van der Waals surface area (Å²) in [5.41, 5.74) is 3.86. The van der Waals surface area contributed by atoms with Crippen LogP contribution in [-0.2, 0) is 11.2 Å². The van der Waals surface area contributed by atoms with Gasteiger partial charge in [0.15, 0.2) is 0 Å². The van der Waals surface area contributed by atoms with Crippen molar-refractivity contribution < 1.29 is 9.84 Å². The molecule has 0 radical (unpaired) electrons. The van der Waals surface area contributed by atoms with E-state index in [9.17, 15) is 5.11 Å². The molecule has 0 unspecified atom stereocenters. The third-order valence-electron chi connectivity index (χ3n) is 4.85. The Morgan fingerprint density at radius 1 is 1.20 bits per heavy atom. The SMILES string of the molecule is C[C@H](OC[C@H](O)CN[C@@H]1CCCc2ccccc21)c1ccc(Cl)cc1. The lowest BCUT2D eigenvalue weighted by atomic mass is 9.88. The van der Waals surface area contributed by atoms with Crippen LogP contribution in [0.4, 0.5) is 0 Å². The molecule has 4 heteroatoms. The van der Waals surface area contributed by atoms with E-state index in [2.05, 4.69) is 29.6 Å². The molecule has 0 bridgehead atoms. The van der Waals surface area contributed by atoms with Crippen LogP contribution in [0.3, 0.4) is 0 Å². The van der Waals surface area contributed by atoms with E-state index in [1.54, 1.807) is 0 Å². The average Bonchev–Trinajstić information content (AvgIpc) is 2.65. The van der Waals surface area contributed by atoms with Gasteiger partial charge in [-0.2, -0.15) is 0 Å². The van der Waals surface area contributed by atoms with Crippen molar-refractivity contribution in [3.05, 3.63) is 70.2 Å². The number of hydrogen-bond donors (Lipinski definition) is 2.